The van der Waals surface area contributed by atoms with Gasteiger partial charge in [-0.05, 0) is 37.5 Å². The van der Waals surface area contributed by atoms with Crippen molar-refractivity contribution in [1.29, 1.82) is 0 Å². The summed E-state index contributed by atoms with van der Waals surface area (Å²) in [5, 5.41) is 4.55. The lowest BCUT2D eigenvalue weighted by atomic mass is 10.1. The smallest absolute Gasteiger partial charge is 0.200 e. The predicted octanol–water partition coefficient (Wildman–Crippen LogP) is 3.69. The van der Waals surface area contributed by atoms with E-state index in [-0.39, 0.29) is 4.90 Å². The summed E-state index contributed by atoms with van der Waals surface area (Å²) in [6.45, 7) is 5.53. The topological polar surface area (TPSA) is 58.5 Å². The Morgan fingerprint density at radius 2 is 1.65 bits per heavy atom. The standard InChI is InChI=1S/C17H19BrN2O2S/c1-12-9-13(2)17(14(3)10-12)23(21,22)20-19-16(11-18)15-7-5-4-6-8-15/h4-10,20H,11H2,1-3H3. The molecule has 0 heterocycles. The second-order valence-corrected chi connectivity index (χ2v) is 7.54. The first kappa shape index (κ1) is 17.7. The van der Waals surface area contributed by atoms with Crippen LogP contribution in [0.4, 0.5) is 0 Å². The molecule has 2 aromatic carbocycles. The van der Waals surface area contributed by atoms with Gasteiger partial charge in [-0.1, -0.05) is 64.0 Å². The first-order valence-electron chi connectivity index (χ1n) is 7.12. The van der Waals surface area contributed by atoms with Gasteiger partial charge in [-0.25, -0.2) is 0 Å². The van der Waals surface area contributed by atoms with Gasteiger partial charge >= 0.3 is 0 Å². The molecule has 0 bridgehead atoms. The number of nitrogens with zero attached hydrogens (tertiary/aromatic N) is 1. The SMILES string of the molecule is Cc1cc(C)c(S(=O)(=O)NN=C(CBr)c2ccccc2)c(C)c1. The average Bonchev–Trinajstić information content (AvgIpc) is 2.47. The quantitative estimate of drug-likeness (QED) is 0.477. The van der Waals surface area contributed by atoms with Crippen LogP contribution in [0, 0.1) is 20.8 Å². The highest BCUT2D eigenvalue weighted by Crippen LogP contribution is 2.21. The molecule has 0 radical (unpaired) electrons. The number of rotatable bonds is 5. The molecule has 0 aromatic heterocycles. The van der Waals surface area contributed by atoms with Crippen LogP contribution in [0.1, 0.15) is 22.3 Å². The Morgan fingerprint density at radius 1 is 1.09 bits per heavy atom. The van der Waals surface area contributed by atoms with Crippen molar-refractivity contribution in [3.8, 4) is 0 Å². The highest BCUT2D eigenvalue weighted by molar-refractivity contribution is 9.09. The maximum Gasteiger partial charge on any atom is 0.277 e. The monoisotopic (exact) mass is 394 g/mol. The molecule has 1 N–H and O–H groups in total. The van der Waals surface area contributed by atoms with Crippen molar-refractivity contribution in [2.24, 2.45) is 5.10 Å². The summed E-state index contributed by atoms with van der Waals surface area (Å²) in [6.07, 6.45) is 0. The van der Waals surface area contributed by atoms with Crippen molar-refractivity contribution in [3.05, 3.63) is 64.7 Å². The number of benzene rings is 2. The molecule has 4 nitrogen and oxygen atoms in total. The Balaban J connectivity index is 2.37. The van der Waals surface area contributed by atoms with Gasteiger partial charge in [0, 0.05) is 5.33 Å². The van der Waals surface area contributed by atoms with Crippen molar-refractivity contribution in [2.75, 3.05) is 5.33 Å². The molecule has 0 spiro atoms. The molecule has 0 unspecified atom stereocenters. The Morgan fingerprint density at radius 3 is 2.17 bits per heavy atom. The molecular formula is C17H19BrN2O2S. The maximum atomic E-state index is 12.6. The van der Waals surface area contributed by atoms with Gasteiger partial charge in [0.25, 0.3) is 10.0 Å². The van der Waals surface area contributed by atoms with Gasteiger partial charge in [-0.3, -0.25) is 0 Å². The molecule has 0 aliphatic heterocycles. The van der Waals surface area contributed by atoms with E-state index in [0.717, 1.165) is 11.1 Å². The second-order valence-electron chi connectivity index (χ2n) is 5.38. The Labute approximate surface area is 145 Å². The van der Waals surface area contributed by atoms with Crippen LogP contribution in [0.2, 0.25) is 0 Å². The lowest BCUT2D eigenvalue weighted by Crippen LogP contribution is -2.23. The van der Waals surface area contributed by atoms with Crippen LogP contribution in [0.25, 0.3) is 0 Å². The third-order valence-electron chi connectivity index (χ3n) is 3.41. The van der Waals surface area contributed by atoms with E-state index in [1.54, 1.807) is 13.8 Å². The van der Waals surface area contributed by atoms with Crippen molar-refractivity contribution in [2.45, 2.75) is 25.7 Å². The molecule has 0 saturated heterocycles. The van der Waals surface area contributed by atoms with E-state index < -0.39 is 10.0 Å². The van der Waals surface area contributed by atoms with Crippen molar-refractivity contribution in [3.63, 3.8) is 0 Å². The number of aryl methyl sites for hydroxylation is 3. The fourth-order valence-electron chi connectivity index (χ4n) is 2.55. The molecular weight excluding hydrogens is 376 g/mol. The lowest BCUT2D eigenvalue weighted by molar-refractivity contribution is 0.583. The number of halogens is 1. The molecule has 23 heavy (non-hydrogen) atoms. The van der Waals surface area contributed by atoms with Crippen LogP contribution in [0.15, 0.2) is 52.5 Å². The lowest BCUT2D eigenvalue weighted by Gasteiger charge is -2.12. The molecule has 2 aromatic rings. The molecule has 122 valence electrons. The maximum absolute atomic E-state index is 12.6. The van der Waals surface area contributed by atoms with Crippen molar-refractivity contribution in [1.82, 2.24) is 4.83 Å². The summed E-state index contributed by atoms with van der Waals surface area (Å²) < 4.78 is 25.2. The van der Waals surface area contributed by atoms with E-state index in [1.165, 1.54) is 0 Å². The number of hydrogen-bond acceptors (Lipinski definition) is 3. The van der Waals surface area contributed by atoms with Gasteiger partial charge < -0.3 is 0 Å². The predicted molar refractivity (Wildman–Crippen MR) is 97.7 cm³/mol. The van der Waals surface area contributed by atoms with Crippen LogP contribution >= 0.6 is 15.9 Å². The van der Waals surface area contributed by atoms with Crippen LogP contribution < -0.4 is 4.83 Å². The number of sulfonamides is 1. The van der Waals surface area contributed by atoms with E-state index in [1.807, 2.05) is 49.4 Å². The van der Waals surface area contributed by atoms with Crippen LogP contribution in [-0.2, 0) is 10.0 Å². The van der Waals surface area contributed by atoms with E-state index >= 15 is 0 Å². The first-order chi connectivity index (χ1) is 10.8. The van der Waals surface area contributed by atoms with Gasteiger partial charge in [-0.2, -0.15) is 18.4 Å². The van der Waals surface area contributed by atoms with Gasteiger partial charge in [0.2, 0.25) is 0 Å². The van der Waals surface area contributed by atoms with Crippen LogP contribution in [0.5, 0.6) is 0 Å². The number of hydrogen-bond donors (Lipinski definition) is 1. The Bertz CT molecular complexity index is 808. The van der Waals surface area contributed by atoms with E-state index in [0.29, 0.717) is 22.2 Å². The van der Waals surface area contributed by atoms with Crippen LogP contribution in [0.3, 0.4) is 0 Å². The number of alkyl halides is 1. The largest absolute Gasteiger partial charge is 0.277 e. The summed E-state index contributed by atoms with van der Waals surface area (Å²) >= 11 is 3.35. The Hall–Kier alpha value is -1.66. The normalized spacial score (nSPS) is 12.3. The van der Waals surface area contributed by atoms with E-state index in [4.69, 9.17) is 0 Å². The average molecular weight is 395 g/mol. The summed E-state index contributed by atoms with van der Waals surface area (Å²) in [5.41, 5.74) is 3.95. The molecule has 0 amide bonds. The molecule has 0 atom stereocenters. The molecule has 6 heteroatoms. The van der Waals surface area contributed by atoms with Gasteiger partial charge in [-0.15, -0.1) is 0 Å². The number of hydrazone groups is 1. The van der Waals surface area contributed by atoms with Gasteiger partial charge in [0.1, 0.15) is 0 Å². The van der Waals surface area contributed by atoms with Gasteiger partial charge in [0.15, 0.2) is 0 Å². The van der Waals surface area contributed by atoms with E-state index in [2.05, 4.69) is 25.9 Å². The third-order valence-corrected chi connectivity index (χ3v) is 5.45. The minimum Gasteiger partial charge on any atom is -0.200 e. The summed E-state index contributed by atoms with van der Waals surface area (Å²) in [5.74, 6) is 0. The zero-order valence-electron chi connectivity index (χ0n) is 13.3. The minimum absolute atomic E-state index is 0.286. The van der Waals surface area contributed by atoms with Crippen molar-refractivity contribution >= 4 is 31.7 Å². The summed E-state index contributed by atoms with van der Waals surface area (Å²) in [7, 11) is -3.71. The molecule has 0 fully saturated rings. The zero-order valence-corrected chi connectivity index (χ0v) is 15.7. The van der Waals surface area contributed by atoms with E-state index in [9.17, 15) is 8.42 Å². The highest BCUT2D eigenvalue weighted by atomic mass is 79.9. The zero-order chi connectivity index (χ0) is 17.0. The highest BCUT2D eigenvalue weighted by Gasteiger charge is 2.19. The molecule has 0 aliphatic rings. The van der Waals surface area contributed by atoms with Crippen molar-refractivity contribution < 1.29 is 8.42 Å². The molecule has 0 aliphatic carbocycles. The van der Waals surface area contributed by atoms with Crippen LogP contribution in [-0.4, -0.2) is 19.5 Å². The summed E-state index contributed by atoms with van der Waals surface area (Å²) in [6, 6.07) is 13.2. The Kier molecular flexibility index (Phi) is 5.59. The summed E-state index contributed by atoms with van der Waals surface area (Å²) in [4.78, 5) is 2.64. The number of nitrogens with one attached hydrogen (secondary N) is 1. The molecule has 2 rings (SSSR count). The van der Waals surface area contributed by atoms with Gasteiger partial charge in [0.05, 0.1) is 10.6 Å². The second kappa shape index (κ2) is 7.27. The molecule has 0 saturated carbocycles. The fourth-order valence-corrected chi connectivity index (χ4v) is 4.29. The first-order valence-corrected chi connectivity index (χ1v) is 9.73. The minimum atomic E-state index is -3.71. The third kappa shape index (κ3) is 4.20. The fraction of sp³-hybridized carbons (Fsp3) is 0.235.